The van der Waals surface area contributed by atoms with Crippen molar-refractivity contribution in [3.63, 3.8) is 0 Å². The lowest BCUT2D eigenvalue weighted by molar-refractivity contribution is -0.153. The Balaban J connectivity index is 1.94. The molecule has 22 heavy (non-hydrogen) atoms. The van der Waals surface area contributed by atoms with Crippen LogP contribution in [0.15, 0.2) is 24.3 Å². The van der Waals surface area contributed by atoms with Gasteiger partial charge in [-0.15, -0.1) is 0 Å². The van der Waals surface area contributed by atoms with Crippen LogP contribution in [0.1, 0.15) is 16.8 Å². The second kappa shape index (κ2) is 6.54. The van der Waals surface area contributed by atoms with Crippen molar-refractivity contribution in [2.75, 3.05) is 21.2 Å². The predicted octanol–water partition coefficient (Wildman–Crippen LogP) is -0.466. The topological polar surface area (TPSA) is 91.0 Å². The minimum atomic E-state index is -0.767. The Labute approximate surface area is 128 Å². The Morgan fingerprint density at radius 3 is 2.41 bits per heavy atom. The monoisotopic (exact) mass is 306 g/mol. The molecule has 0 bridgehead atoms. The number of carbonyl (C=O) groups excluding carboxylic acids is 3. The lowest BCUT2D eigenvalue weighted by atomic mass is 10.2. The average Bonchev–Trinajstić information content (AvgIpc) is 2.79. The van der Waals surface area contributed by atoms with Crippen molar-refractivity contribution in [2.45, 2.75) is 12.5 Å². The molecule has 118 valence electrons. The van der Waals surface area contributed by atoms with E-state index in [4.69, 9.17) is 4.74 Å². The lowest BCUT2D eigenvalue weighted by Crippen LogP contribution is -2.50. The second-order valence-corrected chi connectivity index (χ2v) is 4.97. The summed E-state index contributed by atoms with van der Waals surface area (Å²) in [4.78, 5) is 35.7. The molecular formula is C14H18N4O4. The van der Waals surface area contributed by atoms with E-state index >= 15 is 0 Å². The fourth-order valence-electron chi connectivity index (χ4n) is 2.12. The lowest BCUT2D eigenvalue weighted by Gasteiger charge is -2.21. The molecule has 1 atom stereocenters. The number of hydrazine groups is 2. The summed E-state index contributed by atoms with van der Waals surface area (Å²) in [5.74, 6) is -0.467. The molecule has 1 aromatic carbocycles. The average molecular weight is 306 g/mol. The van der Waals surface area contributed by atoms with E-state index < -0.39 is 17.9 Å². The van der Waals surface area contributed by atoms with Crippen LogP contribution in [-0.2, 0) is 9.59 Å². The van der Waals surface area contributed by atoms with Crippen LogP contribution in [0.2, 0.25) is 0 Å². The van der Waals surface area contributed by atoms with Crippen LogP contribution in [0.4, 0.5) is 0 Å². The van der Waals surface area contributed by atoms with Crippen LogP contribution in [0.25, 0.3) is 0 Å². The van der Waals surface area contributed by atoms with Gasteiger partial charge in [0, 0.05) is 19.7 Å². The van der Waals surface area contributed by atoms with E-state index in [9.17, 15) is 14.4 Å². The van der Waals surface area contributed by atoms with Gasteiger partial charge in [0.15, 0.2) is 0 Å². The molecule has 2 N–H and O–H groups in total. The Bertz CT molecular complexity index is 585. The molecular weight excluding hydrogens is 288 g/mol. The van der Waals surface area contributed by atoms with Crippen molar-refractivity contribution in [3.8, 4) is 5.75 Å². The van der Waals surface area contributed by atoms with Crippen molar-refractivity contribution in [1.82, 2.24) is 20.9 Å². The molecule has 1 aromatic rings. The third-order valence-corrected chi connectivity index (χ3v) is 3.23. The maximum Gasteiger partial charge on any atom is 0.265 e. The molecule has 1 unspecified atom stereocenters. The number of hydrogen-bond donors (Lipinski definition) is 2. The first kappa shape index (κ1) is 15.9. The number of hydrogen-bond acceptors (Lipinski definition) is 6. The summed E-state index contributed by atoms with van der Waals surface area (Å²) in [5.41, 5.74) is 5.46. The first-order valence-electron chi connectivity index (χ1n) is 6.68. The largest absolute Gasteiger partial charge is 0.497 e. The number of methoxy groups -OCH3 is 1. The summed E-state index contributed by atoms with van der Waals surface area (Å²) < 4.78 is 5.01. The Morgan fingerprint density at radius 2 is 1.91 bits per heavy atom. The number of carbonyl (C=O) groups is 3. The van der Waals surface area contributed by atoms with Gasteiger partial charge in [-0.3, -0.25) is 19.8 Å². The molecule has 0 radical (unpaired) electrons. The summed E-state index contributed by atoms with van der Waals surface area (Å²) in [6, 6.07) is 5.75. The van der Waals surface area contributed by atoms with Crippen LogP contribution < -0.4 is 15.6 Å². The van der Waals surface area contributed by atoms with E-state index in [-0.39, 0.29) is 12.3 Å². The number of nitrogens with zero attached hydrogens (tertiary/aromatic N) is 2. The standard InChI is InChI=1S/C14H18N4O4/c1-17(2)18-12(19)8-11(14(18)21)15-16-13(20)9-4-6-10(22-3)7-5-9/h4-7,11,15H,8H2,1-3H3,(H,16,20). The molecule has 0 saturated carbocycles. The highest BCUT2D eigenvalue weighted by Gasteiger charge is 2.40. The van der Waals surface area contributed by atoms with E-state index in [0.29, 0.717) is 11.3 Å². The third kappa shape index (κ3) is 3.23. The Kier molecular flexibility index (Phi) is 4.74. The van der Waals surface area contributed by atoms with Gasteiger partial charge in [0.1, 0.15) is 11.8 Å². The third-order valence-electron chi connectivity index (χ3n) is 3.23. The van der Waals surface area contributed by atoms with E-state index in [1.165, 1.54) is 12.1 Å². The first-order valence-corrected chi connectivity index (χ1v) is 6.68. The molecule has 1 heterocycles. The maximum atomic E-state index is 12.0. The molecule has 1 aliphatic rings. The normalized spacial score (nSPS) is 18.0. The molecule has 2 rings (SSSR count). The fourth-order valence-corrected chi connectivity index (χ4v) is 2.12. The molecule has 0 aliphatic carbocycles. The summed E-state index contributed by atoms with van der Waals surface area (Å²) in [7, 11) is 4.75. The number of ether oxygens (including phenoxy) is 1. The summed E-state index contributed by atoms with van der Waals surface area (Å²) >= 11 is 0. The number of nitrogens with one attached hydrogen (secondary N) is 2. The van der Waals surface area contributed by atoms with Gasteiger partial charge >= 0.3 is 0 Å². The molecule has 8 nitrogen and oxygen atoms in total. The van der Waals surface area contributed by atoms with Crippen molar-refractivity contribution < 1.29 is 19.1 Å². The van der Waals surface area contributed by atoms with Gasteiger partial charge in [0.2, 0.25) is 5.91 Å². The van der Waals surface area contributed by atoms with E-state index in [1.54, 1.807) is 38.4 Å². The number of benzene rings is 1. The van der Waals surface area contributed by atoms with Crippen molar-refractivity contribution in [1.29, 1.82) is 0 Å². The molecule has 0 spiro atoms. The van der Waals surface area contributed by atoms with Crippen LogP contribution in [0.3, 0.4) is 0 Å². The van der Waals surface area contributed by atoms with Gasteiger partial charge in [-0.2, -0.15) is 0 Å². The zero-order valence-corrected chi connectivity index (χ0v) is 12.6. The molecule has 1 saturated heterocycles. The molecule has 3 amide bonds. The van der Waals surface area contributed by atoms with Crippen LogP contribution in [0.5, 0.6) is 5.75 Å². The molecule has 1 aliphatic heterocycles. The fraction of sp³-hybridized carbons (Fsp3) is 0.357. The highest BCUT2D eigenvalue weighted by atomic mass is 16.5. The minimum Gasteiger partial charge on any atom is -0.497 e. The van der Waals surface area contributed by atoms with Crippen LogP contribution >= 0.6 is 0 Å². The quantitative estimate of drug-likeness (QED) is 0.565. The van der Waals surface area contributed by atoms with E-state index in [2.05, 4.69) is 10.9 Å². The van der Waals surface area contributed by atoms with Gasteiger partial charge < -0.3 is 4.74 Å². The second-order valence-electron chi connectivity index (χ2n) is 4.97. The highest BCUT2D eigenvalue weighted by Crippen LogP contribution is 2.14. The van der Waals surface area contributed by atoms with E-state index in [1.807, 2.05) is 0 Å². The number of imide groups is 1. The van der Waals surface area contributed by atoms with Crippen molar-refractivity contribution in [3.05, 3.63) is 29.8 Å². The zero-order valence-electron chi connectivity index (χ0n) is 12.6. The maximum absolute atomic E-state index is 12.0. The molecule has 1 fully saturated rings. The SMILES string of the molecule is COc1ccc(C(=O)NNC2CC(=O)N(N(C)C)C2=O)cc1. The minimum absolute atomic E-state index is 0.0000934. The molecule has 0 aromatic heterocycles. The predicted molar refractivity (Wildman–Crippen MR) is 77.5 cm³/mol. The summed E-state index contributed by atoms with van der Waals surface area (Å²) in [5, 5.41) is 2.45. The smallest absolute Gasteiger partial charge is 0.265 e. The van der Waals surface area contributed by atoms with Gasteiger partial charge in [-0.1, -0.05) is 0 Å². The molecule has 8 heteroatoms. The van der Waals surface area contributed by atoms with Gasteiger partial charge in [-0.25, -0.2) is 15.4 Å². The van der Waals surface area contributed by atoms with Crippen LogP contribution in [0, 0.1) is 0 Å². The number of amides is 3. The van der Waals surface area contributed by atoms with Crippen molar-refractivity contribution >= 4 is 17.7 Å². The summed E-state index contributed by atoms with van der Waals surface area (Å²) in [6.07, 6.45) is -0.0000934. The highest BCUT2D eigenvalue weighted by molar-refractivity contribution is 6.05. The van der Waals surface area contributed by atoms with Gasteiger partial charge in [0.25, 0.3) is 11.8 Å². The van der Waals surface area contributed by atoms with Gasteiger partial charge in [-0.05, 0) is 24.3 Å². The zero-order chi connectivity index (χ0) is 16.3. The number of rotatable bonds is 5. The Hall–Kier alpha value is -2.45. The Morgan fingerprint density at radius 1 is 1.27 bits per heavy atom. The van der Waals surface area contributed by atoms with Crippen LogP contribution in [-0.4, -0.2) is 55.0 Å². The summed E-state index contributed by atoms with van der Waals surface area (Å²) in [6.45, 7) is 0. The van der Waals surface area contributed by atoms with Gasteiger partial charge in [0.05, 0.1) is 13.5 Å². The van der Waals surface area contributed by atoms with Crippen molar-refractivity contribution in [2.24, 2.45) is 0 Å². The van der Waals surface area contributed by atoms with E-state index in [0.717, 1.165) is 5.01 Å². The first-order chi connectivity index (χ1) is 10.4.